The number of halogens is 1. The van der Waals surface area contributed by atoms with Crippen molar-refractivity contribution < 1.29 is 12.0 Å². The fraction of sp³-hybridized carbons (Fsp3) is 0.438. The second-order valence-corrected chi connectivity index (χ2v) is 11.7. The van der Waals surface area contributed by atoms with Gasteiger partial charge in [-0.3, -0.25) is 0 Å². The quantitative estimate of drug-likeness (QED) is 0.425. The van der Waals surface area contributed by atoms with Crippen LogP contribution < -0.4 is 10.6 Å². The van der Waals surface area contributed by atoms with E-state index in [1.165, 1.54) is 53.7 Å². The molecule has 2 N–H and O–H groups in total. The van der Waals surface area contributed by atoms with Gasteiger partial charge in [-0.1, -0.05) is 36.3 Å². The Hall–Kier alpha value is -3.45. The molecule has 7 heteroatoms. The number of aromatic nitrogens is 2. The largest absolute Gasteiger partial charge is 0.337 e. The number of carbonyl (C=O) groups excluding carboxylic acids is 1. The fourth-order valence-electron chi connectivity index (χ4n) is 7.74. The minimum atomic E-state index is -0.242. The second-order valence-electron chi connectivity index (χ2n) is 11.7. The lowest BCUT2D eigenvalue weighted by atomic mass is 9.58. The van der Waals surface area contributed by atoms with Crippen LogP contribution in [0.5, 0.6) is 0 Å². The van der Waals surface area contributed by atoms with Crippen LogP contribution in [0.15, 0.2) is 60.3 Å². The standard InChI is InChI=1S/C32H36FN5O.2H2/c33-25-10-12-26(13-11-25)38-30-19-24-9-8-23-18-29(36-31(39)34-14-17-37-15-4-1-5-16-37)27-6-2-3-7-28(27)32(23,24)20-22(30)21-35-38;;/h2-3,6-7,10-13,19,21,23,29H,1,4-5,8-9,14-18,20H2,(H2,34,36,39);2*1H/t23-,29?,32+;;/m1../s1. The van der Waals surface area contributed by atoms with Gasteiger partial charge in [0.2, 0.25) is 0 Å². The van der Waals surface area contributed by atoms with Crippen LogP contribution in [0.3, 0.4) is 0 Å². The number of likely N-dealkylation sites (tertiary alicyclic amines) is 1. The van der Waals surface area contributed by atoms with Crippen LogP contribution in [0.25, 0.3) is 11.8 Å². The molecule has 206 valence electrons. The first-order chi connectivity index (χ1) is 19.1. The summed E-state index contributed by atoms with van der Waals surface area (Å²) in [5, 5.41) is 11.2. The van der Waals surface area contributed by atoms with Gasteiger partial charge in [-0.15, -0.1) is 0 Å². The lowest BCUT2D eigenvalue weighted by Gasteiger charge is -2.47. The van der Waals surface area contributed by atoms with Crippen LogP contribution in [-0.2, 0) is 11.8 Å². The van der Waals surface area contributed by atoms with Gasteiger partial charge in [0.05, 0.1) is 23.6 Å². The Kier molecular flexibility index (Phi) is 6.26. The number of benzene rings is 2. The van der Waals surface area contributed by atoms with Crippen LogP contribution in [0.2, 0.25) is 0 Å². The fourth-order valence-corrected chi connectivity index (χ4v) is 7.74. The molecule has 3 aliphatic carbocycles. The van der Waals surface area contributed by atoms with Gasteiger partial charge in [0.25, 0.3) is 0 Å². The van der Waals surface area contributed by atoms with Crippen molar-refractivity contribution in [2.75, 3.05) is 26.2 Å². The van der Waals surface area contributed by atoms with Crippen molar-refractivity contribution in [3.8, 4) is 5.69 Å². The molecule has 2 heterocycles. The number of urea groups is 1. The van der Waals surface area contributed by atoms with Crippen molar-refractivity contribution in [3.63, 3.8) is 0 Å². The molecule has 4 aliphatic rings. The molecular formula is C32H40FN5O. The van der Waals surface area contributed by atoms with E-state index in [0.717, 1.165) is 56.7 Å². The maximum absolute atomic E-state index is 13.5. The number of hydrogen-bond donors (Lipinski definition) is 2. The minimum Gasteiger partial charge on any atom is -0.337 e. The molecule has 2 aromatic carbocycles. The molecule has 7 rings (SSSR count). The number of nitrogens with one attached hydrogen (secondary N) is 2. The summed E-state index contributed by atoms with van der Waals surface area (Å²) < 4.78 is 15.5. The molecule has 0 bridgehead atoms. The first kappa shape index (κ1) is 24.6. The number of amides is 2. The Morgan fingerprint density at radius 3 is 2.77 bits per heavy atom. The van der Waals surface area contributed by atoms with Gasteiger partial charge in [0, 0.05) is 21.4 Å². The number of hydrogen-bond acceptors (Lipinski definition) is 3. The first-order valence-electron chi connectivity index (χ1n) is 14.5. The van der Waals surface area contributed by atoms with Crippen molar-refractivity contribution in [1.82, 2.24) is 25.3 Å². The van der Waals surface area contributed by atoms with Crippen LogP contribution in [0.4, 0.5) is 9.18 Å². The van der Waals surface area contributed by atoms with Crippen LogP contribution in [-0.4, -0.2) is 46.9 Å². The highest BCUT2D eigenvalue weighted by atomic mass is 19.1. The summed E-state index contributed by atoms with van der Waals surface area (Å²) >= 11 is 0. The molecular weight excluding hydrogens is 489 g/mol. The van der Waals surface area contributed by atoms with E-state index in [0.29, 0.717) is 12.5 Å². The molecule has 3 atom stereocenters. The average Bonchev–Trinajstić information content (AvgIpc) is 3.54. The Morgan fingerprint density at radius 2 is 1.92 bits per heavy atom. The monoisotopic (exact) mass is 529 g/mol. The summed E-state index contributed by atoms with van der Waals surface area (Å²) in [5.74, 6) is 0.216. The van der Waals surface area contributed by atoms with Crippen molar-refractivity contribution in [2.24, 2.45) is 5.92 Å². The van der Waals surface area contributed by atoms with E-state index >= 15 is 0 Å². The van der Waals surface area contributed by atoms with E-state index < -0.39 is 0 Å². The van der Waals surface area contributed by atoms with E-state index in [4.69, 9.17) is 5.10 Å². The molecule has 39 heavy (non-hydrogen) atoms. The van der Waals surface area contributed by atoms with Gasteiger partial charge in [0.15, 0.2) is 0 Å². The molecule has 1 saturated carbocycles. The van der Waals surface area contributed by atoms with E-state index in [1.807, 2.05) is 10.9 Å². The lowest BCUT2D eigenvalue weighted by Crippen LogP contribution is -2.47. The molecule has 1 saturated heterocycles. The van der Waals surface area contributed by atoms with Gasteiger partial charge in [-0.05, 0) is 105 Å². The predicted molar refractivity (Wildman–Crippen MR) is 154 cm³/mol. The zero-order valence-corrected chi connectivity index (χ0v) is 22.3. The SMILES string of the molecule is O=C(NCCN1CCCCC1)NC1C[C@H]2CCC3=Cc4c(cnn4-c4ccc(F)cc4)C[C@@]32c2ccccc21.[HH].[HH]. The molecule has 1 spiro atoms. The summed E-state index contributed by atoms with van der Waals surface area (Å²) in [5.41, 5.74) is 7.20. The summed E-state index contributed by atoms with van der Waals surface area (Å²) in [6.45, 7) is 3.89. The summed E-state index contributed by atoms with van der Waals surface area (Å²) in [4.78, 5) is 15.4. The van der Waals surface area contributed by atoms with Crippen LogP contribution in [0, 0.1) is 11.7 Å². The lowest BCUT2D eigenvalue weighted by molar-refractivity contribution is 0.212. The molecule has 1 unspecified atom stereocenters. The Balaban J connectivity index is 0.00000169. The van der Waals surface area contributed by atoms with Crippen molar-refractivity contribution >= 4 is 12.1 Å². The zero-order chi connectivity index (χ0) is 26.4. The normalized spacial score (nSPS) is 25.6. The van der Waals surface area contributed by atoms with E-state index in [9.17, 15) is 9.18 Å². The van der Waals surface area contributed by atoms with Gasteiger partial charge >= 0.3 is 6.03 Å². The van der Waals surface area contributed by atoms with Gasteiger partial charge in [-0.2, -0.15) is 5.10 Å². The zero-order valence-electron chi connectivity index (χ0n) is 22.3. The topological polar surface area (TPSA) is 62.2 Å². The van der Waals surface area contributed by atoms with E-state index in [2.05, 4.69) is 45.9 Å². The number of nitrogens with zero attached hydrogens (tertiary/aromatic N) is 3. The average molecular weight is 530 g/mol. The third-order valence-corrected chi connectivity index (χ3v) is 9.57. The minimum absolute atomic E-state index is 0. The second kappa shape index (κ2) is 9.94. The summed E-state index contributed by atoms with van der Waals surface area (Å²) in [6, 6.07) is 15.2. The molecule has 0 radical (unpaired) electrons. The maximum Gasteiger partial charge on any atom is 0.315 e. The van der Waals surface area contributed by atoms with Gasteiger partial charge in [0.1, 0.15) is 5.82 Å². The maximum atomic E-state index is 13.5. The molecule has 1 aliphatic heterocycles. The number of piperidine rings is 1. The molecule has 3 aromatic rings. The number of fused-ring (bicyclic) bond motifs is 2. The van der Waals surface area contributed by atoms with Crippen molar-refractivity contribution in [1.29, 1.82) is 0 Å². The Labute approximate surface area is 232 Å². The van der Waals surface area contributed by atoms with Gasteiger partial charge in [-0.25, -0.2) is 13.9 Å². The Morgan fingerprint density at radius 1 is 1.10 bits per heavy atom. The van der Waals surface area contributed by atoms with E-state index in [1.54, 1.807) is 12.1 Å². The Bertz CT molecular complexity index is 1420. The van der Waals surface area contributed by atoms with Crippen LogP contribution in [0.1, 0.15) is 69.8 Å². The highest BCUT2D eigenvalue weighted by molar-refractivity contribution is 5.75. The van der Waals surface area contributed by atoms with E-state index in [-0.39, 0.29) is 26.2 Å². The molecule has 2 fully saturated rings. The van der Waals surface area contributed by atoms with Gasteiger partial charge < -0.3 is 15.5 Å². The van der Waals surface area contributed by atoms with Crippen LogP contribution >= 0.6 is 0 Å². The third kappa shape index (κ3) is 4.27. The number of allylic oxidation sites excluding steroid dienone is 1. The number of rotatable bonds is 5. The third-order valence-electron chi connectivity index (χ3n) is 9.57. The van der Waals surface area contributed by atoms with Crippen molar-refractivity contribution in [2.45, 2.75) is 56.4 Å². The molecule has 1 aromatic heterocycles. The molecule has 2 amide bonds. The van der Waals surface area contributed by atoms with Crippen molar-refractivity contribution in [3.05, 3.63) is 88.5 Å². The number of carbonyl (C=O) groups is 1. The first-order valence-corrected chi connectivity index (χ1v) is 14.5. The summed E-state index contributed by atoms with van der Waals surface area (Å²) in [6.07, 6.45) is 12.2. The highest BCUT2D eigenvalue weighted by Crippen LogP contribution is 2.60. The highest BCUT2D eigenvalue weighted by Gasteiger charge is 2.54. The summed E-state index contributed by atoms with van der Waals surface area (Å²) in [7, 11) is 0. The predicted octanol–water partition coefficient (Wildman–Crippen LogP) is 6.02. The molecule has 6 nitrogen and oxygen atoms in total. The smallest absolute Gasteiger partial charge is 0.315 e.